The van der Waals surface area contributed by atoms with Gasteiger partial charge in [-0.1, -0.05) is 246 Å². The van der Waals surface area contributed by atoms with E-state index in [0.29, 0.717) is 0 Å². The predicted octanol–water partition coefficient (Wildman–Crippen LogP) is 26.8. The molecular weight excluding hydrogens is 1180 g/mol. The van der Waals surface area contributed by atoms with Crippen LogP contribution < -0.4 is 0 Å². The molecule has 11 aromatic carbocycles. The van der Waals surface area contributed by atoms with Gasteiger partial charge in [0.1, 0.15) is 0 Å². The van der Waals surface area contributed by atoms with Crippen LogP contribution in [0.2, 0.25) is 0 Å². The second-order valence-corrected chi connectivity index (χ2v) is 35.4. The van der Waals surface area contributed by atoms with E-state index in [-0.39, 0.29) is 32.5 Å². The summed E-state index contributed by atoms with van der Waals surface area (Å²) in [6, 6.07) is 79.1. The number of fused-ring (bicyclic) bond motifs is 18. The SMILES string of the molecule is CC(C)(C)c1cc(-c2cc(-c3ccc4c(c3)c3ccccc3n4-c3ccccc3)c3c(c2)c2cc(-c4cc(C(C)(C)C)cc(C(C)(C)C)c4)cc4c5ccc6c(c7cc(-c8cc(C(C)(C)C)cc(C(C)(C)C)c8)cc8c9sc%10ccccc%10c9n6c87)c5n3c24)cc(C(C)(C)C)c1. The van der Waals surface area contributed by atoms with E-state index >= 15 is 0 Å². The Balaban J connectivity index is 1.09. The Morgan fingerprint density at radius 3 is 1.20 bits per heavy atom. The van der Waals surface area contributed by atoms with Crippen LogP contribution in [0.5, 0.6) is 0 Å². The Bertz CT molecular complexity index is 6010. The average Bonchev–Trinajstić information content (AvgIpc) is 1.50. The molecule has 0 bridgehead atoms. The molecule has 4 heteroatoms. The highest BCUT2D eigenvalue weighted by atomic mass is 32.1. The third kappa shape index (κ3) is 9.17. The molecule has 0 amide bonds. The molecular formula is C92H87N3S. The maximum atomic E-state index is 2.76. The Labute approximate surface area is 569 Å². The molecule has 0 radical (unpaired) electrons. The van der Waals surface area contributed by atoms with Crippen molar-refractivity contribution in [1.29, 1.82) is 0 Å². The zero-order chi connectivity index (χ0) is 67.0. The number of rotatable bonds is 5. The largest absolute Gasteiger partial charge is 0.309 e. The molecule has 6 aromatic heterocycles. The van der Waals surface area contributed by atoms with E-state index in [1.54, 1.807) is 0 Å². The highest BCUT2D eigenvalue weighted by Crippen LogP contribution is 2.54. The van der Waals surface area contributed by atoms with Gasteiger partial charge in [-0.05, 0) is 184 Å². The molecule has 96 heavy (non-hydrogen) atoms. The number of para-hydroxylation sites is 2. The van der Waals surface area contributed by atoms with Crippen molar-refractivity contribution in [2.45, 2.75) is 157 Å². The molecule has 0 spiro atoms. The molecule has 0 saturated carbocycles. The van der Waals surface area contributed by atoms with Crippen LogP contribution in [0.3, 0.4) is 0 Å². The zero-order valence-electron chi connectivity index (χ0n) is 59.3. The average molecular weight is 1270 g/mol. The van der Waals surface area contributed by atoms with Crippen LogP contribution in [0.4, 0.5) is 0 Å². The molecule has 0 atom stereocenters. The van der Waals surface area contributed by atoms with Crippen molar-refractivity contribution in [1.82, 2.24) is 13.4 Å². The maximum Gasteiger partial charge on any atom is 0.0728 e. The van der Waals surface area contributed by atoms with Gasteiger partial charge < -0.3 is 13.4 Å². The van der Waals surface area contributed by atoms with E-state index in [1.165, 1.54) is 185 Å². The van der Waals surface area contributed by atoms with Crippen LogP contribution in [0.25, 0.3) is 158 Å². The van der Waals surface area contributed by atoms with Crippen molar-refractivity contribution in [2.24, 2.45) is 0 Å². The molecule has 0 unspecified atom stereocenters. The fourth-order valence-corrected chi connectivity index (χ4v) is 17.1. The Kier molecular flexibility index (Phi) is 12.7. The summed E-state index contributed by atoms with van der Waals surface area (Å²) in [6.07, 6.45) is 0. The standard InChI is InChI=1S/C92H87N3S/c1-87(2,3)59-36-53(37-60(49-59)88(4,5)6)56-43-69(52-32-34-77-70(42-52)66-28-22-24-30-76(66)93(77)65-26-20-19-21-27-65)81-72(45-56)73-46-57(54-38-61(89(7,8)9)50-62(39-54)90(10,11)12)44-71-67-33-35-78-80(84(67)95(81)82(71)73)74-47-58(55-40-63(91(13,14)15)51-64(41-55)92(16,17)18)48-75-83(74)94(78)85-68-29-23-25-31-79(68)96-86(75)85/h19-51H,1-18H3. The molecule has 476 valence electrons. The second kappa shape index (κ2) is 20.2. The molecule has 17 aromatic rings. The lowest BCUT2D eigenvalue weighted by Gasteiger charge is -2.26. The van der Waals surface area contributed by atoms with Crippen LogP contribution in [-0.4, -0.2) is 13.4 Å². The summed E-state index contributed by atoms with van der Waals surface area (Å²) in [5, 5.41) is 12.7. The summed E-state index contributed by atoms with van der Waals surface area (Å²) >= 11 is 1.94. The van der Waals surface area contributed by atoms with E-state index in [4.69, 9.17) is 0 Å². The van der Waals surface area contributed by atoms with Gasteiger partial charge in [0.15, 0.2) is 0 Å². The van der Waals surface area contributed by atoms with Crippen molar-refractivity contribution < 1.29 is 0 Å². The number of nitrogens with zero attached hydrogens (tertiary/aromatic N) is 3. The minimum atomic E-state index is -0.0774. The van der Waals surface area contributed by atoms with Crippen molar-refractivity contribution in [3.05, 3.63) is 234 Å². The summed E-state index contributed by atoms with van der Waals surface area (Å²) in [5.41, 5.74) is 28.8. The predicted molar refractivity (Wildman–Crippen MR) is 419 cm³/mol. The second-order valence-electron chi connectivity index (χ2n) is 34.4. The van der Waals surface area contributed by atoms with Crippen molar-refractivity contribution in [3.8, 4) is 50.2 Å². The van der Waals surface area contributed by atoms with Gasteiger partial charge in [-0.25, -0.2) is 0 Å². The van der Waals surface area contributed by atoms with Crippen LogP contribution >= 0.6 is 11.3 Å². The van der Waals surface area contributed by atoms with Crippen LogP contribution in [0, 0.1) is 0 Å². The first-order valence-electron chi connectivity index (χ1n) is 34.8. The molecule has 0 aliphatic rings. The number of hydrogen-bond donors (Lipinski definition) is 0. The van der Waals surface area contributed by atoms with E-state index in [0.717, 1.165) is 5.69 Å². The molecule has 6 heterocycles. The number of benzene rings is 11. The topological polar surface area (TPSA) is 13.8 Å². The van der Waals surface area contributed by atoms with E-state index < -0.39 is 0 Å². The molecule has 0 N–H and O–H groups in total. The minimum Gasteiger partial charge on any atom is -0.309 e. The normalized spacial score (nSPS) is 13.5. The highest BCUT2D eigenvalue weighted by molar-refractivity contribution is 7.26. The lowest BCUT2D eigenvalue weighted by molar-refractivity contribution is 0.568. The summed E-state index contributed by atoms with van der Waals surface area (Å²) in [5.74, 6) is 0. The van der Waals surface area contributed by atoms with Gasteiger partial charge in [0.05, 0.1) is 48.8 Å². The van der Waals surface area contributed by atoms with Gasteiger partial charge in [0.25, 0.3) is 0 Å². The van der Waals surface area contributed by atoms with Crippen molar-refractivity contribution in [3.63, 3.8) is 0 Å². The fourth-order valence-electron chi connectivity index (χ4n) is 15.9. The molecule has 0 aliphatic carbocycles. The first-order chi connectivity index (χ1) is 45.4. The third-order valence-corrected chi connectivity index (χ3v) is 22.7. The van der Waals surface area contributed by atoms with Gasteiger partial charge in [0.2, 0.25) is 0 Å². The number of thiophene rings is 1. The van der Waals surface area contributed by atoms with Crippen molar-refractivity contribution >= 4 is 119 Å². The zero-order valence-corrected chi connectivity index (χ0v) is 60.1. The van der Waals surface area contributed by atoms with Gasteiger partial charge in [-0.3, -0.25) is 0 Å². The first kappa shape index (κ1) is 60.4. The van der Waals surface area contributed by atoms with Crippen LogP contribution in [-0.2, 0) is 32.5 Å². The van der Waals surface area contributed by atoms with Gasteiger partial charge in [-0.2, -0.15) is 0 Å². The van der Waals surface area contributed by atoms with E-state index in [9.17, 15) is 0 Å². The number of aromatic nitrogens is 3. The monoisotopic (exact) mass is 1270 g/mol. The summed E-state index contributed by atoms with van der Waals surface area (Å²) < 4.78 is 10.5. The summed E-state index contributed by atoms with van der Waals surface area (Å²) in [7, 11) is 0. The molecule has 0 saturated heterocycles. The fraction of sp³-hybridized carbons (Fsp3) is 0.261. The van der Waals surface area contributed by atoms with Crippen LogP contribution in [0.1, 0.15) is 158 Å². The molecule has 3 nitrogen and oxygen atoms in total. The van der Waals surface area contributed by atoms with Gasteiger partial charge in [0, 0.05) is 69.8 Å². The lowest BCUT2D eigenvalue weighted by atomic mass is 9.78. The van der Waals surface area contributed by atoms with E-state index in [2.05, 4.69) is 338 Å². The highest BCUT2D eigenvalue weighted by Gasteiger charge is 2.32. The molecule has 17 rings (SSSR count). The smallest absolute Gasteiger partial charge is 0.0728 e. The summed E-state index contributed by atoms with van der Waals surface area (Å²) in [6.45, 7) is 42.6. The Morgan fingerprint density at radius 1 is 0.250 bits per heavy atom. The Hall–Kier alpha value is -9.22. The third-order valence-electron chi connectivity index (χ3n) is 21.5. The molecule has 0 fully saturated rings. The molecule has 0 aliphatic heterocycles. The minimum absolute atomic E-state index is 0.0500. The van der Waals surface area contributed by atoms with Gasteiger partial charge >= 0.3 is 0 Å². The Morgan fingerprint density at radius 2 is 0.656 bits per heavy atom. The first-order valence-corrected chi connectivity index (χ1v) is 35.6. The van der Waals surface area contributed by atoms with Crippen molar-refractivity contribution in [2.75, 3.05) is 0 Å². The maximum absolute atomic E-state index is 2.76. The van der Waals surface area contributed by atoms with Crippen LogP contribution in [0.15, 0.2) is 200 Å². The quantitative estimate of drug-likeness (QED) is 0.163. The number of hydrogen-bond acceptors (Lipinski definition) is 1. The lowest BCUT2D eigenvalue weighted by Crippen LogP contribution is -2.16. The van der Waals surface area contributed by atoms with Gasteiger partial charge in [-0.15, -0.1) is 11.3 Å². The van der Waals surface area contributed by atoms with E-state index in [1.807, 2.05) is 11.3 Å². The summed E-state index contributed by atoms with van der Waals surface area (Å²) in [4.78, 5) is 0.